The number of anilines is 1. The van der Waals surface area contributed by atoms with E-state index < -0.39 is 0 Å². The van der Waals surface area contributed by atoms with Crippen molar-refractivity contribution in [1.82, 2.24) is 29.6 Å². The molecule has 1 N–H and O–H groups in total. The first-order valence-electron chi connectivity index (χ1n) is 8.44. The lowest BCUT2D eigenvalue weighted by Crippen LogP contribution is -2.32. The highest BCUT2D eigenvalue weighted by atomic mass is 16.2. The van der Waals surface area contributed by atoms with Gasteiger partial charge in [-0.1, -0.05) is 27.7 Å². The summed E-state index contributed by atoms with van der Waals surface area (Å²) in [6.07, 6.45) is 2.91. The predicted octanol–water partition coefficient (Wildman–Crippen LogP) is 1.57. The van der Waals surface area contributed by atoms with Crippen LogP contribution in [0.2, 0.25) is 0 Å². The summed E-state index contributed by atoms with van der Waals surface area (Å²) in [7, 11) is 0. The lowest BCUT2D eigenvalue weighted by molar-refractivity contribution is -0.117. The van der Waals surface area contributed by atoms with Crippen LogP contribution in [0.3, 0.4) is 0 Å². The molecule has 0 aromatic carbocycles. The Bertz CT molecular complexity index is 990. The molecule has 3 aromatic rings. The van der Waals surface area contributed by atoms with E-state index in [0.29, 0.717) is 17.0 Å². The number of nitrogens with zero attached hydrogens (tertiary/aromatic N) is 6. The molecule has 136 valence electrons. The number of amides is 1. The van der Waals surface area contributed by atoms with E-state index in [0.717, 1.165) is 5.69 Å². The zero-order chi connectivity index (χ0) is 18.8. The van der Waals surface area contributed by atoms with Crippen LogP contribution in [0.1, 0.15) is 51.0 Å². The normalized spacial score (nSPS) is 11.5. The van der Waals surface area contributed by atoms with Crippen LogP contribution in [0.4, 0.5) is 5.69 Å². The largest absolute Gasteiger partial charge is 0.323 e. The first-order valence-corrected chi connectivity index (χ1v) is 8.44. The van der Waals surface area contributed by atoms with Crippen molar-refractivity contribution in [1.29, 1.82) is 0 Å². The zero-order valence-electron chi connectivity index (χ0n) is 15.2. The van der Waals surface area contributed by atoms with Crippen molar-refractivity contribution in [3.8, 4) is 0 Å². The maximum Gasteiger partial charge on any atom is 0.293 e. The Morgan fingerprint density at radius 1 is 1.15 bits per heavy atom. The SMILES string of the molecule is CC(C)c1cc2c(=O)n(CC(=O)Nc3ccnnc3)nc(C(C)C)n2n1. The molecule has 0 unspecified atom stereocenters. The number of hydrogen-bond acceptors (Lipinski definition) is 6. The molecule has 0 radical (unpaired) electrons. The Balaban J connectivity index is 1.99. The van der Waals surface area contributed by atoms with Gasteiger partial charge in [-0.15, -0.1) is 0 Å². The van der Waals surface area contributed by atoms with Gasteiger partial charge < -0.3 is 5.32 Å². The van der Waals surface area contributed by atoms with E-state index in [-0.39, 0.29) is 29.8 Å². The van der Waals surface area contributed by atoms with Crippen molar-refractivity contribution in [3.05, 3.63) is 46.4 Å². The van der Waals surface area contributed by atoms with Gasteiger partial charge in [-0.3, -0.25) is 9.59 Å². The Kier molecular flexibility index (Phi) is 4.79. The van der Waals surface area contributed by atoms with Crippen LogP contribution in [-0.2, 0) is 11.3 Å². The Labute approximate surface area is 150 Å². The number of carbonyl (C=O) groups excluding carboxylic acids is 1. The molecular formula is C17H21N7O2. The van der Waals surface area contributed by atoms with E-state index in [1.54, 1.807) is 16.6 Å². The van der Waals surface area contributed by atoms with Gasteiger partial charge in [0.15, 0.2) is 5.82 Å². The second-order valence-electron chi connectivity index (χ2n) is 6.68. The quantitative estimate of drug-likeness (QED) is 0.744. The molecule has 26 heavy (non-hydrogen) atoms. The van der Waals surface area contributed by atoms with Gasteiger partial charge >= 0.3 is 0 Å². The summed E-state index contributed by atoms with van der Waals surface area (Å²) >= 11 is 0. The molecule has 1 amide bonds. The van der Waals surface area contributed by atoms with Crippen LogP contribution < -0.4 is 10.9 Å². The molecule has 0 bridgehead atoms. The molecule has 3 aromatic heterocycles. The molecule has 0 saturated heterocycles. The van der Waals surface area contributed by atoms with Crippen LogP contribution in [0.25, 0.3) is 5.52 Å². The maximum absolute atomic E-state index is 12.8. The van der Waals surface area contributed by atoms with Crippen molar-refractivity contribution < 1.29 is 4.79 Å². The topological polar surface area (TPSA) is 107 Å². The standard InChI is InChI=1S/C17H21N7O2/c1-10(2)13-7-14-17(26)23(22-16(11(3)4)24(14)21-13)9-15(25)20-12-5-6-18-19-8-12/h5-8,10-11H,9H2,1-4H3,(H,18,20,25). The highest BCUT2D eigenvalue weighted by molar-refractivity contribution is 5.90. The second kappa shape index (κ2) is 7.03. The van der Waals surface area contributed by atoms with Crippen molar-refractivity contribution in [2.75, 3.05) is 5.32 Å². The van der Waals surface area contributed by atoms with E-state index in [9.17, 15) is 9.59 Å². The number of carbonyl (C=O) groups is 1. The predicted molar refractivity (Wildman–Crippen MR) is 96.1 cm³/mol. The highest BCUT2D eigenvalue weighted by Gasteiger charge is 2.18. The van der Waals surface area contributed by atoms with Gasteiger partial charge in [-0.2, -0.15) is 20.4 Å². The monoisotopic (exact) mass is 355 g/mol. The fourth-order valence-corrected chi connectivity index (χ4v) is 2.52. The van der Waals surface area contributed by atoms with Crippen molar-refractivity contribution in [2.24, 2.45) is 0 Å². The number of nitrogens with one attached hydrogen (secondary N) is 1. The van der Waals surface area contributed by atoms with Gasteiger partial charge in [0.1, 0.15) is 12.1 Å². The van der Waals surface area contributed by atoms with Gasteiger partial charge in [-0.25, -0.2) is 9.20 Å². The molecule has 3 heterocycles. The molecule has 9 nitrogen and oxygen atoms in total. The van der Waals surface area contributed by atoms with Gasteiger partial charge in [0.25, 0.3) is 5.56 Å². The summed E-state index contributed by atoms with van der Waals surface area (Å²) < 4.78 is 2.77. The van der Waals surface area contributed by atoms with Crippen LogP contribution in [-0.4, -0.2) is 35.5 Å². The maximum atomic E-state index is 12.8. The van der Waals surface area contributed by atoms with Crippen molar-refractivity contribution >= 4 is 17.1 Å². The van der Waals surface area contributed by atoms with Gasteiger partial charge in [0.2, 0.25) is 5.91 Å². The van der Waals surface area contributed by atoms with Crippen LogP contribution in [0.5, 0.6) is 0 Å². The van der Waals surface area contributed by atoms with E-state index in [2.05, 4.69) is 25.7 Å². The van der Waals surface area contributed by atoms with Crippen LogP contribution in [0, 0.1) is 0 Å². The fourth-order valence-electron chi connectivity index (χ4n) is 2.52. The van der Waals surface area contributed by atoms with Crippen molar-refractivity contribution in [2.45, 2.75) is 46.1 Å². The number of aromatic nitrogens is 6. The number of hydrogen-bond donors (Lipinski definition) is 1. The molecule has 0 atom stereocenters. The summed E-state index contributed by atoms with van der Waals surface area (Å²) in [5.74, 6) is 0.488. The molecule has 3 rings (SSSR count). The summed E-state index contributed by atoms with van der Waals surface area (Å²) in [4.78, 5) is 25.0. The Morgan fingerprint density at radius 3 is 2.54 bits per heavy atom. The lowest BCUT2D eigenvalue weighted by Gasteiger charge is -2.11. The summed E-state index contributed by atoms with van der Waals surface area (Å²) in [5.41, 5.74) is 1.40. The summed E-state index contributed by atoms with van der Waals surface area (Å²) in [5, 5.41) is 18.9. The first-order chi connectivity index (χ1) is 12.4. The average molecular weight is 355 g/mol. The summed E-state index contributed by atoms with van der Waals surface area (Å²) in [6.45, 7) is 7.77. The average Bonchev–Trinajstić information content (AvgIpc) is 3.04. The van der Waals surface area contributed by atoms with Gasteiger partial charge in [-0.05, 0) is 18.1 Å². The smallest absolute Gasteiger partial charge is 0.293 e. The number of fused-ring (bicyclic) bond motifs is 1. The third kappa shape index (κ3) is 3.46. The lowest BCUT2D eigenvalue weighted by atomic mass is 10.1. The second-order valence-corrected chi connectivity index (χ2v) is 6.68. The minimum absolute atomic E-state index is 0.0386. The van der Waals surface area contributed by atoms with E-state index >= 15 is 0 Å². The third-order valence-electron chi connectivity index (χ3n) is 3.89. The fraction of sp³-hybridized carbons (Fsp3) is 0.412. The van der Waals surface area contributed by atoms with Gasteiger partial charge in [0.05, 0.1) is 23.8 Å². The Hall–Kier alpha value is -3.10. The summed E-state index contributed by atoms with van der Waals surface area (Å²) in [6, 6.07) is 3.39. The third-order valence-corrected chi connectivity index (χ3v) is 3.89. The molecule has 0 aliphatic rings. The highest BCUT2D eigenvalue weighted by Crippen LogP contribution is 2.17. The molecule has 0 fully saturated rings. The molecule has 0 aliphatic carbocycles. The van der Waals surface area contributed by atoms with Crippen LogP contribution >= 0.6 is 0 Å². The minimum Gasteiger partial charge on any atom is -0.323 e. The Morgan fingerprint density at radius 2 is 1.92 bits per heavy atom. The molecular weight excluding hydrogens is 334 g/mol. The molecule has 0 aliphatic heterocycles. The molecule has 0 saturated carbocycles. The van der Waals surface area contributed by atoms with Crippen molar-refractivity contribution in [3.63, 3.8) is 0 Å². The van der Waals surface area contributed by atoms with Crippen LogP contribution in [0.15, 0.2) is 29.3 Å². The minimum atomic E-state index is -0.366. The molecule has 0 spiro atoms. The van der Waals surface area contributed by atoms with Gasteiger partial charge in [0, 0.05) is 5.92 Å². The van der Waals surface area contributed by atoms with E-state index in [1.165, 1.54) is 17.1 Å². The molecule has 9 heteroatoms. The first kappa shape index (κ1) is 17.7. The number of rotatable bonds is 5. The van der Waals surface area contributed by atoms with E-state index in [1.807, 2.05) is 27.7 Å². The van der Waals surface area contributed by atoms with E-state index in [4.69, 9.17) is 0 Å². The zero-order valence-corrected chi connectivity index (χ0v) is 15.2.